The van der Waals surface area contributed by atoms with Crippen LogP contribution in [0.4, 0.5) is 15.8 Å². The number of anilines is 2. The number of aryl methyl sites for hydroxylation is 1. The molecule has 2 aromatic rings. The van der Waals surface area contributed by atoms with E-state index in [1.54, 1.807) is 17.0 Å². The standard InChI is InChI=1S/C23H26FN3O2/c1-2-17-3-7-19(8-4-17)25-21(28)23(11-12-23)22(29)27-15-13-26(14-16-27)20-9-5-18(24)6-10-20/h3-10H,2,11-16H2,1H3,(H,25,28). The van der Waals surface area contributed by atoms with Gasteiger partial charge in [-0.2, -0.15) is 0 Å². The molecule has 4 rings (SSSR count). The number of nitrogens with zero attached hydrogens (tertiary/aromatic N) is 2. The van der Waals surface area contributed by atoms with Crippen LogP contribution in [0.3, 0.4) is 0 Å². The van der Waals surface area contributed by atoms with Gasteiger partial charge in [0.1, 0.15) is 11.2 Å². The highest BCUT2D eigenvalue weighted by molar-refractivity contribution is 6.13. The summed E-state index contributed by atoms with van der Waals surface area (Å²) in [5.74, 6) is -0.528. The van der Waals surface area contributed by atoms with Crippen molar-refractivity contribution in [2.24, 2.45) is 5.41 Å². The smallest absolute Gasteiger partial charge is 0.240 e. The zero-order valence-electron chi connectivity index (χ0n) is 16.7. The lowest BCUT2D eigenvalue weighted by atomic mass is 10.0. The van der Waals surface area contributed by atoms with Crippen LogP contribution in [0, 0.1) is 11.2 Å². The average molecular weight is 395 g/mol. The maximum Gasteiger partial charge on any atom is 0.240 e. The molecule has 2 amide bonds. The first-order valence-electron chi connectivity index (χ1n) is 10.2. The Balaban J connectivity index is 1.36. The minimum atomic E-state index is -0.915. The molecule has 1 saturated carbocycles. The van der Waals surface area contributed by atoms with Crippen molar-refractivity contribution in [1.82, 2.24) is 4.90 Å². The first-order chi connectivity index (χ1) is 14.0. The van der Waals surface area contributed by atoms with Crippen LogP contribution in [-0.2, 0) is 16.0 Å². The van der Waals surface area contributed by atoms with Gasteiger partial charge in [0.2, 0.25) is 11.8 Å². The predicted molar refractivity (Wildman–Crippen MR) is 111 cm³/mol. The topological polar surface area (TPSA) is 52.7 Å². The van der Waals surface area contributed by atoms with Crippen molar-refractivity contribution < 1.29 is 14.0 Å². The Bertz CT molecular complexity index is 883. The van der Waals surface area contributed by atoms with Crippen LogP contribution in [0.25, 0.3) is 0 Å². The SMILES string of the molecule is CCc1ccc(NC(=O)C2(C(=O)N3CCN(c4ccc(F)cc4)CC3)CC2)cc1. The summed E-state index contributed by atoms with van der Waals surface area (Å²) in [5.41, 5.74) is 1.97. The summed E-state index contributed by atoms with van der Waals surface area (Å²) in [5, 5.41) is 2.92. The number of benzene rings is 2. The van der Waals surface area contributed by atoms with Crippen LogP contribution in [0.5, 0.6) is 0 Å². The molecule has 0 aromatic heterocycles. The molecule has 2 fully saturated rings. The number of nitrogens with one attached hydrogen (secondary N) is 1. The zero-order valence-corrected chi connectivity index (χ0v) is 16.7. The summed E-state index contributed by atoms with van der Waals surface area (Å²) in [4.78, 5) is 29.9. The Morgan fingerprint density at radius 1 is 0.966 bits per heavy atom. The highest BCUT2D eigenvalue weighted by atomic mass is 19.1. The van der Waals surface area contributed by atoms with Gasteiger partial charge in [-0.1, -0.05) is 19.1 Å². The molecule has 1 N–H and O–H groups in total. The zero-order chi connectivity index (χ0) is 20.4. The molecule has 0 spiro atoms. The van der Waals surface area contributed by atoms with Gasteiger partial charge in [-0.05, 0) is 61.2 Å². The minimum Gasteiger partial charge on any atom is -0.368 e. The maximum absolute atomic E-state index is 13.1. The van der Waals surface area contributed by atoms with E-state index in [1.807, 2.05) is 24.3 Å². The van der Waals surface area contributed by atoms with E-state index in [4.69, 9.17) is 0 Å². The highest BCUT2D eigenvalue weighted by Gasteiger charge is 2.58. The van der Waals surface area contributed by atoms with Crippen LogP contribution < -0.4 is 10.2 Å². The van der Waals surface area contributed by atoms with Gasteiger partial charge in [-0.15, -0.1) is 0 Å². The van der Waals surface area contributed by atoms with Crippen molar-refractivity contribution in [2.45, 2.75) is 26.2 Å². The summed E-state index contributed by atoms with van der Waals surface area (Å²) >= 11 is 0. The largest absolute Gasteiger partial charge is 0.368 e. The second-order valence-electron chi connectivity index (χ2n) is 7.84. The van der Waals surface area contributed by atoms with E-state index >= 15 is 0 Å². The maximum atomic E-state index is 13.1. The molecule has 152 valence electrons. The monoisotopic (exact) mass is 395 g/mol. The number of halogens is 1. The third kappa shape index (κ3) is 3.97. The van der Waals surface area contributed by atoms with E-state index in [2.05, 4.69) is 17.1 Å². The van der Waals surface area contributed by atoms with Gasteiger partial charge in [0.15, 0.2) is 0 Å². The first kappa shape index (κ1) is 19.4. The number of hydrogen-bond donors (Lipinski definition) is 1. The molecular weight excluding hydrogens is 369 g/mol. The summed E-state index contributed by atoms with van der Waals surface area (Å²) in [6.45, 7) is 4.56. The van der Waals surface area contributed by atoms with Crippen molar-refractivity contribution in [3.63, 3.8) is 0 Å². The molecule has 1 aliphatic heterocycles. The van der Waals surface area contributed by atoms with E-state index in [1.165, 1.54) is 17.7 Å². The molecule has 0 unspecified atom stereocenters. The quantitative estimate of drug-likeness (QED) is 0.789. The Kier molecular flexibility index (Phi) is 5.26. The van der Waals surface area contributed by atoms with E-state index in [0.29, 0.717) is 39.0 Å². The number of carbonyl (C=O) groups excluding carboxylic acids is 2. The number of amides is 2. The van der Waals surface area contributed by atoms with Crippen LogP contribution in [0.1, 0.15) is 25.3 Å². The number of piperazine rings is 1. The van der Waals surface area contributed by atoms with Crippen LogP contribution in [0.15, 0.2) is 48.5 Å². The predicted octanol–water partition coefficient (Wildman–Crippen LogP) is 3.46. The van der Waals surface area contributed by atoms with Gasteiger partial charge in [-0.25, -0.2) is 4.39 Å². The molecule has 2 aromatic carbocycles. The molecule has 1 saturated heterocycles. The fraction of sp³-hybridized carbons (Fsp3) is 0.391. The normalized spacial score (nSPS) is 17.7. The van der Waals surface area contributed by atoms with Gasteiger partial charge >= 0.3 is 0 Å². The van der Waals surface area contributed by atoms with Gasteiger partial charge in [0.05, 0.1) is 0 Å². The fourth-order valence-corrected chi connectivity index (χ4v) is 3.86. The Hall–Kier alpha value is -2.89. The first-order valence-corrected chi connectivity index (χ1v) is 10.2. The van der Waals surface area contributed by atoms with Gasteiger partial charge < -0.3 is 15.1 Å². The lowest BCUT2D eigenvalue weighted by molar-refractivity contribution is -0.142. The molecule has 2 aliphatic rings. The third-order valence-electron chi connectivity index (χ3n) is 5.97. The summed E-state index contributed by atoms with van der Waals surface area (Å²) in [6.07, 6.45) is 2.15. The molecule has 0 bridgehead atoms. The summed E-state index contributed by atoms with van der Waals surface area (Å²) in [6, 6.07) is 14.2. The lowest BCUT2D eigenvalue weighted by Crippen LogP contribution is -2.52. The number of hydrogen-bond acceptors (Lipinski definition) is 3. The van der Waals surface area contributed by atoms with E-state index < -0.39 is 5.41 Å². The Morgan fingerprint density at radius 3 is 2.14 bits per heavy atom. The Morgan fingerprint density at radius 2 is 1.59 bits per heavy atom. The Labute approximate surface area is 170 Å². The average Bonchev–Trinajstić information content (AvgIpc) is 3.57. The van der Waals surface area contributed by atoms with Crippen LogP contribution in [-0.4, -0.2) is 42.9 Å². The molecular formula is C23H26FN3O2. The van der Waals surface area contributed by atoms with Gasteiger partial charge in [0, 0.05) is 37.6 Å². The molecule has 5 nitrogen and oxygen atoms in total. The van der Waals surface area contributed by atoms with Crippen molar-refractivity contribution in [3.8, 4) is 0 Å². The molecule has 0 atom stereocenters. The molecule has 1 heterocycles. The van der Waals surface area contributed by atoms with Crippen LogP contribution in [0.2, 0.25) is 0 Å². The van der Waals surface area contributed by atoms with Crippen molar-refractivity contribution in [3.05, 3.63) is 59.9 Å². The third-order valence-corrected chi connectivity index (χ3v) is 5.97. The van der Waals surface area contributed by atoms with Crippen molar-refractivity contribution in [2.75, 3.05) is 36.4 Å². The van der Waals surface area contributed by atoms with E-state index in [9.17, 15) is 14.0 Å². The highest BCUT2D eigenvalue weighted by Crippen LogP contribution is 2.48. The summed E-state index contributed by atoms with van der Waals surface area (Å²) < 4.78 is 13.1. The molecule has 0 radical (unpaired) electrons. The lowest BCUT2D eigenvalue weighted by Gasteiger charge is -2.37. The second kappa shape index (κ2) is 7.85. The molecule has 1 aliphatic carbocycles. The number of rotatable bonds is 5. The number of carbonyl (C=O) groups is 2. The van der Waals surface area contributed by atoms with Crippen molar-refractivity contribution >= 4 is 23.2 Å². The van der Waals surface area contributed by atoms with Gasteiger partial charge in [0.25, 0.3) is 0 Å². The molecule has 6 heteroatoms. The fourth-order valence-electron chi connectivity index (χ4n) is 3.86. The van der Waals surface area contributed by atoms with Crippen LogP contribution >= 0.6 is 0 Å². The van der Waals surface area contributed by atoms with E-state index in [0.717, 1.165) is 17.8 Å². The molecule has 29 heavy (non-hydrogen) atoms. The van der Waals surface area contributed by atoms with E-state index in [-0.39, 0.29) is 17.6 Å². The second-order valence-corrected chi connectivity index (χ2v) is 7.84. The summed E-state index contributed by atoms with van der Waals surface area (Å²) in [7, 11) is 0. The van der Waals surface area contributed by atoms with Crippen molar-refractivity contribution in [1.29, 1.82) is 0 Å². The minimum absolute atomic E-state index is 0.0704. The van der Waals surface area contributed by atoms with Gasteiger partial charge in [-0.3, -0.25) is 9.59 Å².